The maximum Gasteiger partial charge on any atom is 0.253 e. The highest BCUT2D eigenvalue weighted by atomic mass is 79.9. The fourth-order valence-electron chi connectivity index (χ4n) is 1.77. The Morgan fingerprint density at radius 2 is 2.37 bits per heavy atom. The second-order valence-corrected chi connectivity index (χ2v) is 5.54. The average Bonchev–Trinajstić information content (AvgIpc) is 2.83. The van der Waals surface area contributed by atoms with Crippen LogP contribution in [0, 0.1) is 0 Å². The fourth-order valence-corrected chi connectivity index (χ4v) is 2.21. The Balaban J connectivity index is 1.71. The molecule has 0 radical (unpaired) electrons. The van der Waals surface area contributed by atoms with E-state index in [2.05, 4.69) is 43.3 Å². The van der Waals surface area contributed by atoms with E-state index in [9.17, 15) is 0 Å². The molecule has 2 aromatic rings. The van der Waals surface area contributed by atoms with Gasteiger partial charge in [-0.2, -0.15) is 4.98 Å². The van der Waals surface area contributed by atoms with Crippen molar-refractivity contribution < 1.29 is 9.26 Å². The molecule has 7 heteroatoms. The summed E-state index contributed by atoms with van der Waals surface area (Å²) in [4.78, 5) is 8.50. The number of nitrogens with zero attached hydrogens (tertiary/aromatic N) is 3. The van der Waals surface area contributed by atoms with E-state index in [0.29, 0.717) is 24.0 Å². The number of rotatable bonds is 4. The number of pyridine rings is 1. The van der Waals surface area contributed by atoms with Gasteiger partial charge in [-0.1, -0.05) is 5.16 Å². The molecule has 0 amide bonds. The van der Waals surface area contributed by atoms with Gasteiger partial charge in [0.25, 0.3) is 5.89 Å². The topological polar surface area (TPSA) is 73.1 Å². The molecule has 3 rings (SSSR count). The summed E-state index contributed by atoms with van der Waals surface area (Å²) >= 11 is 3.41. The van der Waals surface area contributed by atoms with E-state index < -0.39 is 0 Å². The van der Waals surface area contributed by atoms with Crippen LogP contribution in [-0.4, -0.2) is 33.8 Å². The van der Waals surface area contributed by atoms with Gasteiger partial charge in [0.2, 0.25) is 5.82 Å². The molecule has 1 N–H and O–H groups in total. The molecule has 19 heavy (non-hydrogen) atoms. The van der Waals surface area contributed by atoms with Crippen molar-refractivity contribution in [1.82, 2.24) is 20.4 Å². The summed E-state index contributed by atoms with van der Waals surface area (Å²) in [5, 5.41) is 7.09. The van der Waals surface area contributed by atoms with Crippen molar-refractivity contribution in [2.45, 2.75) is 19.1 Å². The van der Waals surface area contributed by atoms with Gasteiger partial charge in [0.05, 0.1) is 5.60 Å². The lowest BCUT2D eigenvalue weighted by atomic mass is 10.0. The van der Waals surface area contributed by atoms with Crippen molar-refractivity contribution in [3.8, 4) is 11.5 Å². The minimum Gasteiger partial charge on any atom is -0.363 e. The van der Waals surface area contributed by atoms with Gasteiger partial charge < -0.3 is 14.6 Å². The summed E-state index contributed by atoms with van der Waals surface area (Å²) in [6.45, 7) is 4.06. The summed E-state index contributed by atoms with van der Waals surface area (Å²) in [5.41, 5.74) is 0.536. The molecule has 1 aliphatic heterocycles. The summed E-state index contributed by atoms with van der Waals surface area (Å²) in [5.74, 6) is 0.920. The number of halogens is 1. The van der Waals surface area contributed by atoms with Gasteiger partial charge in [-0.05, 0) is 35.0 Å². The number of nitrogens with one attached hydrogen (secondary N) is 1. The van der Waals surface area contributed by atoms with E-state index in [4.69, 9.17) is 9.26 Å². The van der Waals surface area contributed by atoms with Gasteiger partial charge in [0, 0.05) is 23.8 Å². The molecule has 0 spiro atoms. The Morgan fingerprint density at radius 3 is 3.05 bits per heavy atom. The van der Waals surface area contributed by atoms with Gasteiger partial charge in [0.1, 0.15) is 12.3 Å². The maximum absolute atomic E-state index is 5.74. The Kier molecular flexibility index (Phi) is 3.34. The van der Waals surface area contributed by atoms with Gasteiger partial charge in [-0.25, -0.2) is 0 Å². The van der Waals surface area contributed by atoms with Crippen molar-refractivity contribution in [1.29, 1.82) is 0 Å². The number of ether oxygens (including phenoxy) is 1. The van der Waals surface area contributed by atoms with Crippen molar-refractivity contribution >= 4 is 15.9 Å². The van der Waals surface area contributed by atoms with E-state index in [1.165, 1.54) is 0 Å². The van der Waals surface area contributed by atoms with Gasteiger partial charge >= 0.3 is 0 Å². The standard InChI is InChI=1S/C12H13BrN4O2/c1-12(6-14-7-12)18-5-9-16-11(17-19-9)10-8(13)3-2-4-15-10/h2-4,14H,5-7H2,1H3. The fraction of sp³-hybridized carbons (Fsp3) is 0.417. The minimum atomic E-state index is -0.125. The molecule has 0 saturated carbocycles. The molecule has 0 bridgehead atoms. The zero-order valence-corrected chi connectivity index (χ0v) is 12.0. The highest BCUT2D eigenvalue weighted by molar-refractivity contribution is 9.10. The summed E-state index contributed by atoms with van der Waals surface area (Å²) < 4.78 is 11.7. The number of hydrogen-bond donors (Lipinski definition) is 1. The van der Waals surface area contributed by atoms with Crippen LogP contribution in [0.25, 0.3) is 11.5 Å². The lowest BCUT2D eigenvalue weighted by molar-refractivity contribution is -0.0841. The van der Waals surface area contributed by atoms with Crippen molar-refractivity contribution in [3.63, 3.8) is 0 Å². The van der Waals surface area contributed by atoms with Crippen LogP contribution in [0.5, 0.6) is 0 Å². The molecule has 1 aliphatic rings. The lowest BCUT2D eigenvalue weighted by Gasteiger charge is -2.38. The second kappa shape index (κ2) is 4.99. The minimum absolute atomic E-state index is 0.125. The van der Waals surface area contributed by atoms with Crippen molar-refractivity contribution in [2.24, 2.45) is 0 Å². The number of aromatic nitrogens is 3. The van der Waals surface area contributed by atoms with Crippen LogP contribution in [0.15, 0.2) is 27.3 Å². The molecule has 1 saturated heterocycles. The maximum atomic E-state index is 5.74. The normalized spacial score (nSPS) is 17.2. The highest BCUT2D eigenvalue weighted by Crippen LogP contribution is 2.23. The van der Waals surface area contributed by atoms with E-state index in [-0.39, 0.29) is 5.60 Å². The molecule has 100 valence electrons. The van der Waals surface area contributed by atoms with Gasteiger partial charge in [-0.15, -0.1) is 0 Å². The van der Waals surface area contributed by atoms with Crippen LogP contribution in [0.3, 0.4) is 0 Å². The first-order valence-corrected chi connectivity index (χ1v) is 6.74. The van der Waals surface area contributed by atoms with E-state index in [0.717, 1.165) is 17.6 Å². The van der Waals surface area contributed by atoms with E-state index in [1.54, 1.807) is 6.20 Å². The van der Waals surface area contributed by atoms with Crippen LogP contribution < -0.4 is 5.32 Å². The molecule has 1 fully saturated rings. The quantitative estimate of drug-likeness (QED) is 0.924. The van der Waals surface area contributed by atoms with Crippen LogP contribution in [-0.2, 0) is 11.3 Å². The summed E-state index contributed by atoms with van der Waals surface area (Å²) in [6, 6.07) is 3.72. The lowest BCUT2D eigenvalue weighted by Crippen LogP contribution is -2.58. The zero-order chi connectivity index (χ0) is 13.3. The van der Waals surface area contributed by atoms with Crippen LogP contribution in [0.4, 0.5) is 0 Å². The summed E-state index contributed by atoms with van der Waals surface area (Å²) in [6.07, 6.45) is 1.69. The van der Waals surface area contributed by atoms with Crippen LogP contribution in [0.1, 0.15) is 12.8 Å². The predicted molar refractivity (Wildman–Crippen MR) is 71.3 cm³/mol. The first kappa shape index (κ1) is 12.7. The third-order valence-electron chi connectivity index (χ3n) is 2.98. The van der Waals surface area contributed by atoms with Gasteiger partial charge in [-0.3, -0.25) is 4.98 Å². The number of hydrogen-bond acceptors (Lipinski definition) is 6. The average molecular weight is 325 g/mol. The monoisotopic (exact) mass is 324 g/mol. The molecule has 0 aromatic carbocycles. The highest BCUT2D eigenvalue weighted by Gasteiger charge is 2.33. The summed E-state index contributed by atoms with van der Waals surface area (Å²) in [7, 11) is 0. The van der Waals surface area contributed by atoms with E-state index >= 15 is 0 Å². The Labute approximate surface area is 118 Å². The molecule has 0 aliphatic carbocycles. The van der Waals surface area contributed by atoms with E-state index in [1.807, 2.05) is 12.1 Å². The van der Waals surface area contributed by atoms with Crippen LogP contribution in [0.2, 0.25) is 0 Å². The third kappa shape index (κ3) is 2.68. The molecule has 6 nitrogen and oxygen atoms in total. The first-order chi connectivity index (χ1) is 9.16. The third-order valence-corrected chi connectivity index (χ3v) is 3.62. The smallest absolute Gasteiger partial charge is 0.253 e. The Bertz CT molecular complexity index is 583. The zero-order valence-electron chi connectivity index (χ0n) is 10.4. The SMILES string of the molecule is CC1(OCc2nc(-c3ncccc3Br)no2)CNC1. The van der Waals surface area contributed by atoms with Crippen molar-refractivity contribution in [2.75, 3.05) is 13.1 Å². The molecule has 0 atom stereocenters. The Morgan fingerprint density at radius 1 is 1.53 bits per heavy atom. The largest absolute Gasteiger partial charge is 0.363 e. The first-order valence-electron chi connectivity index (χ1n) is 5.94. The Hall–Kier alpha value is -1.31. The van der Waals surface area contributed by atoms with Crippen molar-refractivity contribution in [3.05, 3.63) is 28.7 Å². The van der Waals surface area contributed by atoms with Crippen LogP contribution >= 0.6 is 15.9 Å². The second-order valence-electron chi connectivity index (χ2n) is 4.69. The van der Waals surface area contributed by atoms with Gasteiger partial charge in [0.15, 0.2) is 0 Å². The molecule has 2 aromatic heterocycles. The predicted octanol–water partition coefficient (Wildman–Crippen LogP) is 1.77. The molecular weight excluding hydrogens is 312 g/mol. The molecule has 0 unspecified atom stereocenters. The molecule has 3 heterocycles. The molecular formula is C12H13BrN4O2.